The van der Waals surface area contributed by atoms with Crippen LogP contribution < -0.4 is 4.74 Å². The zero-order valence-corrected chi connectivity index (χ0v) is 12.0. The van der Waals surface area contributed by atoms with Crippen molar-refractivity contribution in [2.45, 2.75) is 45.4 Å². The van der Waals surface area contributed by atoms with Gasteiger partial charge in [-0.2, -0.15) is 0 Å². The zero-order chi connectivity index (χ0) is 14.7. The highest BCUT2D eigenvalue weighted by Crippen LogP contribution is 2.31. The third-order valence-electron chi connectivity index (χ3n) is 2.81. The molecule has 1 nitrogen and oxygen atoms in total. The number of ether oxygens (including phenoxy) is 1. The van der Waals surface area contributed by atoms with Crippen LogP contribution >= 0.6 is 11.6 Å². The van der Waals surface area contributed by atoms with Crippen molar-refractivity contribution in [3.8, 4) is 5.75 Å². The summed E-state index contributed by atoms with van der Waals surface area (Å²) < 4.78 is 40.8. The average Bonchev–Trinajstić information content (AvgIpc) is 2.24. The minimum Gasteiger partial charge on any atom is -0.406 e. The van der Waals surface area contributed by atoms with E-state index in [1.165, 1.54) is 12.1 Å². The lowest BCUT2D eigenvalue weighted by Gasteiger charge is -2.25. The van der Waals surface area contributed by atoms with Crippen LogP contribution in [-0.2, 0) is 6.42 Å². The van der Waals surface area contributed by atoms with Crippen molar-refractivity contribution in [1.29, 1.82) is 0 Å². The summed E-state index contributed by atoms with van der Waals surface area (Å²) in [5.41, 5.74) is 0.441. The van der Waals surface area contributed by atoms with Gasteiger partial charge in [0, 0.05) is 5.38 Å². The SMILES string of the molecule is CC(C)(C)C(Cl)CCc1ccccc1OC(F)(F)F. The molecule has 0 spiro atoms. The number of aryl methyl sites for hydroxylation is 1. The molecule has 0 amide bonds. The van der Waals surface area contributed by atoms with E-state index in [2.05, 4.69) is 4.74 Å². The summed E-state index contributed by atoms with van der Waals surface area (Å²) in [6.07, 6.45) is -3.61. The molecule has 0 saturated carbocycles. The molecular weight excluding hydrogens is 277 g/mol. The molecule has 0 aliphatic rings. The van der Waals surface area contributed by atoms with Gasteiger partial charge < -0.3 is 4.74 Å². The largest absolute Gasteiger partial charge is 0.573 e. The van der Waals surface area contributed by atoms with Crippen molar-refractivity contribution in [3.05, 3.63) is 29.8 Å². The lowest BCUT2D eigenvalue weighted by atomic mass is 9.88. The summed E-state index contributed by atoms with van der Waals surface area (Å²) in [4.78, 5) is 0. The van der Waals surface area contributed by atoms with E-state index in [0.717, 1.165) is 0 Å². The fourth-order valence-corrected chi connectivity index (χ4v) is 1.76. The first kappa shape index (κ1) is 16.2. The van der Waals surface area contributed by atoms with E-state index >= 15 is 0 Å². The number of alkyl halides is 4. The van der Waals surface area contributed by atoms with Gasteiger partial charge in [-0.25, -0.2) is 0 Å². The van der Waals surface area contributed by atoms with Crippen LogP contribution in [0.3, 0.4) is 0 Å². The highest BCUT2D eigenvalue weighted by Gasteiger charge is 2.32. The molecule has 0 saturated heterocycles. The summed E-state index contributed by atoms with van der Waals surface area (Å²) in [6, 6.07) is 6.17. The van der Waals surface area contributed by atoms with Crippen molar-refractivity contribution in [3.63, 3.8) is 0 Å². The second-order valence-corrected chi connectivity index (χ2v) is 6.05. The van der Waals surface area contributed by atoms with E-state index < -0.39 is 6.36 Å². The van der Waals surface area contributed by atoms with Crippen molar-refractivity contribution >= 4 is 11.6 Å². The van der Waals surface area contributed by atoms with Crippen molar-refractivity contribution in [1.82, 2.24) is 0 Å². The highest BCUT2D eigenvalue weighted by molar-refractivity contribution is 6.21. The molecule has 1 unspecified atom stereocenters. The van der Waals surface area contributed by atoms with Crippen molar-refractivity contribution in [2.75, 3.05) is 0 Å². The maximum atomic E-state index is 12.3. The number of para-hydroxylation sites is 1. The minimum atomic E-state index is -4.67. The lowest BCUT2D eigenvalue weighted by molar-refractivity contribution is -0.274. The highest BCUT2D eigenvalue weighted by atomic mass is 35.5. The van der Waals surface area contributed by atoms with Gasteiger partial charge in [0.1, 0.15) is 5.75 Å². The fraction of sp³-hybridized carbons (Fsp3) is 0.571. The van der Waals surface area contributed by atoms with E-state index in [-0.39, 0.29) is 16.5 Å². The predicted octanol–water partition coefficient (Wildman–Crippen LogP) is 5.17. The molecule has 0 aliphatic carbocycles. The van der Waals surface area contributed by atoms with Gasteiger partial charge in [0.15, 0.2) is 0 Å². The van der Waals surface area contributed by atoms with Crippen LogP contribution in [0.2, 0.25) is 0 Å². The van der Waals surface area contributed by atoms with Crippen LogP contribution in [0.4, 0.5) is 13.2 Å². The smallest absolute Gasteiger partial charge is 0.406 e. The molecule has 0 aromatic heterocycles. The Morgan fingerprint density at radius 2 is 1.74 bits per heavy atom. The second-order valence-electron chi connectivity index (χ2n) is 5.53. The van der Waals surface area contributed by atoms with Gasteiger partial charge in [-0.15, -0.1) is 24.8 Å². The van der Waals surface area contributed by atoms with Crippen LogP contribution in [0, 0.1) is 5.41 Å². The van der Waals surface area contributed by atoms with E-state index in [9.17, 15) is 13.2 Å². The monoisotopic (exact) mass is 294 g/mol. The van der Waals surface area contributed by atoms with Crippen molar-refractivity contribution in [2.24, 2.45) is 5.41 Å². The van der Waals surface area contributed by atoms with E-state index in [1.807, 2.05) is 20.8 Å². The normalized spacial score (nSPS) is 14.3. The first-order valence-electron chi connectivity index (χ1n) is 6.07. The quantitative estimate of drug-likeness (QED) is 0.696. The lowest BCUT2D eigenvalue weighted by Crippen LogP contribution is -2.22. The first-order chi connectivity index (χ1) is 8.59. The molecule has 0 aliphatic heterocycles. The molecule has 1 atom stereocenters. The van der Waals surface area contributed by atoms with E-state index in [0.29, 0.717) is 18.4 Å². The van der Waals surface area contributed by atoms with Crippen LogP contribution in [0.15, 0.2) is 24.3 Å². The van der Waals surface area contributed by atoms with Crippen LogP contribution in [0.1, 0.15) is 32.8 Å². The Bertz CT molecular complexity index is 410. The van der Waals surface area contributed by atoms with Gasteiger partial charge in [0.25, 0.3) is 0 Å². The average molecular weight is 295 g/mol. The summed E-state index contributed by atoms with van der Waals surface area (Å²) in [6.45, 7) is 6.01. The molecule has 108 valence electrons. The molecule has 0 fully saturated rings. The van der Waals surface area contributed by atoms with Crippen LogP contribution in [0.25, 0.3) is 0 Å². The molecule has 1 rings (SSSR count). The summed E-state index contributed by atoms with van der Waals surface area (Å²) in [5, 5.41) is -0.105. The van der Waals surface area contributed by atoms with E-state index in [1.54, 1.807) is 12.1 Å². The van der Waals surface area contributed by atoms with Gasteiger partial charge in [0.05, 0.1) is 0 Å². The van der Waals surface area contributed by atoms with Gasteiger partial charge >= 0.3 is 6.36 Å². The maximum Gasteiger partial charge on any atom is 0.573 e. The van der Waals surface area contributed by atoms with Gasteiger partial charge in [-0.3, -0.25) is 0 Å². The van der Waals surface area contributed by atoms with Crippen LogP contribution in [-0.4, -0.2) is 11.7 Å². The Balaban J connectivity index is 2.74. The minimum absolute atomic E-state index is 0.0820. The first-order valence-corrected chi connectivity index (χ1v) is 6.51. The summed E-state index contributed by atoms with van der Waals surface area (Å²) in [7, 11) is 0. The number of benzene rings is 1. The molecular formula is C14H18ClF3O. The molecule has 0 bridgehead atoms. The second kappa shape index (κ2) is 6.04. The van der Waals surface area contributed by atoms with Crippen molar-refractivity contribution < 1.29 is 17.9 Å². The summed E-state index contributed by atoms with van der Waals surface area (Å²) >= 11 is 6.23. The Kier molecular flexibility index (Phi) is 5.13. The third kappa shape index (κ3) is 5.72. The molecule has 1 aromatic carbocycles. The van der Waals surface area contributed by atoms with E-state index in [4.69, 9.17) is 11.6 Å². The molecule has 1 aromatic rings. The predicted molar refractivity (Wildman–Crippen MR) is 70.5 cm³/mol. The molecule has 0 N–H and O–H groups in total. The molecule has 19 heavy (non-hydrogen) atoms. The Morgan fingerprint density at radius 1 is 1.16 bits per heavy atom. The maximum absolute atomic E-state index is 12.3. The number of halogens is 4. The zero-order valence-electron chi connectivity index (χ0n) is 11.2. The summed E-state index contributed by atoms with van der Waals surface area (Å²) in [5.74, 6) is -0.146. The molecule has 5 heteroatoms. The Hall–Kier alpha value is -0.900. The fourth-order valence-electron chi connectivity index (χ4n) is 1.65. The topological polar surface area (TPSA) is 9.23 Å². The number of rotatable bonds is 4. The van der Waals surface area contributed by atoms with Gasteiger partial charge in [-0.05, 0) is 29.9 Å². The van der Waals surface area contributed by atoms with Gasteiger partial charge in [-0.1, -0.05) is 39.0 Å². The Labute approximate surface area is 116 Å². The standard InChI is InChI=1S/C14H18ClF3O/c1-13(2,3)12(15)9-8-10-6-4-5-7-11(10)19-14(16,17)18/h4-7,12H,8-9H2,1-3H3. The van der Waals surface area contributed by atoms with Crippen LogP contribution in [0.5, 0.6) is 5.75 Å². The number of hydrogen-bond donors (Lipinski definition) is 0. The Morgan fingerprint density at radius 3 is 2.26 bits per heavy atom. The molecule has 0 radical (unpaired) electrons. The number of hydrogen-bond acceptors (Lipinski definition) is 1. The molecule has 0 heterocycles. The third-order valence-corrected chi connectivity index (χ3v) is 3.68. The van der Waals surface area contributed by atoms with Gasteiger partial charge in [0.2, 0.25) is 0 Å².